The molecule has 0 saturated carbocycles. The van der Waals surface area contributed by atoms with E-state index in [-0.39, 0.29) is 12.5 Å². The van der Waals surface area contributed by atoms with E-state index in [0.717, 1.165) is 27.9 Å². The van der Waals surface area contributed by atoms with Crippen LogP contribution in [0, 0.1) is 12.8 Å². The van der Waals surface area contributed by atoms with Gasteiger partial charge in [0.15, 0.2) is 5.65 Å². The van der Waals surface area contributed by atoms with Gasteiger partial charge in [0.2, 0.25) is 5.91 Å². The predicted molar refractivity (Wildman–Crippen MR) is 95.5 cm³/mol. The van der Waals surface area contributed by atoms with E-state index in [4.69, 9.17) is 0 Å². The van der Waals surface area contributed by atoms with Crippen molar-refractivity contribution in [2.24, 2.45) is 5.92 Å². The Labute approximate surface area is 141 Å². The molecule has 1 amide bonds. The molecule has 0 aliphatic rings. The van der Waals surface area contributed by atoms with Gasteiger partial charge in [0.1, 0.15) is 6.54 Å². The maximum absolute atomic E-state index is 12.1. The molecule has 0 fully saturated rings. The first kappa shape index (κ1) is 16.2. The number of nitrogens with one attached hydrogen (secondary N) is 1. The molecule has 1 aromatic carbocycles. The Morgan fingerprint density at radius 2 is 1.96 bits per heavy atom. The topological polar surface area (TPSA) is 59.8 Å². The molecule has 0 radical (unpaired) electrons. The maximum Gasteiger partial charge on any atom is 0.241 e. The van der Waals surface area contributed by atoms with Crippen molar-refractivity contribution < 1.29 is 4.79 Å². The van der Waals surface area contributed by atoms with Crippen molar-refractivity contribution in [1.82, 2.24) is 20.1 Å². The van der Waals surface area contributed by atoms with E-state index in [2.05, 4.69) is 41.4 Å². The van der Waals surface area contributed by atoms with Crippen molar-refractivity contribution in [1.29, 1.82) is 0 Å². The molecule has 0 aliphatic carbocycles. The van der Waals surface area contributed by atoms with Gasteiger partial charge in [-0.1, -0.05) is 44.2 Å². The smallest absolute Gasteiger partial charge is 0.241 e. The third-order valence-corrected chi connectivity index (χ3v) is 3.89. The van der Waals surface area contributed by atoms with Crippen molar-refractivity contribution in [2.75, 3.05) is 6.54 Å². The Morgan fingerprint density at radius 3 is 2.67 bits per heavy atom. The van der Waals surface area contributed by atoms with Crippen LogP contribution in [-0.2, 0) is 11.3 Å². The second kappa shape index (κ2) is 6.83. The molecule has 3 rings (SSSR count). The summed E-state index contributed by atoms with van der Waals surface area (Å²) in [5.41, 5.74) is 3.84. The van der Waals surface area contributed by atoms with Gasteiger partial charge >= 0.3 is 0 Å². The van der Waals surface area contributed by atoms with Crippen LogP contribution in [0.4, 0.5) is 0 Å². The van der Waals surface area contributed by atoms with Crippen LogP contribution in [-0.4, -0.2) is 27.2 Å². The fraction of sp³-hybridized carbons (Fsp3) is 0.316. The van der Waals surface area contributed by atoms with Crippen LogP contribution in [0.2, 0.25) is 0 Å². The number of hydrogen-bond acceptors (Lipinski definition) is 3. The first-order valence-electron chi connectivity index (χ1n) is 8.20. The summed E-state index contributed by atoms with van der Waals surface area (Å²) in [5.74, 6) is 0.382. The molecule has 2 aromatic heterocycles. The standard InChI is InChI=1S/C19H22N4O/c1-13(2)11-21-17(24)12-23-19-18(14(3)22-23)16(9-10-20-19)15-7-5-4-6-8-15/h4-10,13H,11-12H2,1-3H3,(H,21,24). The Morgan fingerprint density at radius 1 is 1.21 bits per heavy atom. The zero-order valence-corrected chi connectivity index (χ0v) is 14.3. The number of aryl methyl sites for hydroxylation is 1. The quantitative estimate of drug-likeness (QED) is 0.785. The van der Waals surface area contributed by atoms with Crippen molar-refractivity contribution in [3.8, 4) is 11.1 Å². The molecular weight excluding hydrogens is 300 g/mol. The Bertz CT molecular complexity index is 852. The van der Waals surface area contributed by atoms with E-state index < -0.39 is 0 Å². The highest BCUT2D eigenvalue weighted by Crippen LogP contribution is 2.29. The summed E-state index contributed by atoms with van der Waals surface area (Å²) in [4.78, 5) is 16.6. The minimum Gasteiger partial charge on any atom is -0.354 e. The molecule has 5 heteroatoms. The van der Waals surface area contributed by atoms with Crippen molar-refractivity contribution >= 4 is 16.9 Å². The van der Waals surface area contributed by atoms with Gasteiger partial charge in [-0.05, 0) is 30.0 Å². The van der Waals surface area contributed by atoms with Gasteiger partial charge in [-0.3, -0.25) is 4.79 Å². The van der Waals surface area contributed by atoms with Gasteiger partial charge in [-0.15, -0.1) is 0 Å². The molecule has 0 atom stereocenters. The molecule has 0 spiro atoms. The van der Waals surface area contributed by atoms with E-state index in [9.17, 15) is 4.79 Å². The van der Waals surface area contributed by atoms with Crippen LogP contribution in [0.25, 0.3) is 22.2 Å². The van der Waals surface area contributed by atoms with Gasteiger partial charge in [-0.2, -0.15) is 5.10 Å². The van der Waals surface area contributed by atoms with Crippen molar-refractivity contribution in [3.63, 3.8) is 0 Å². The Hall–Kier alpha value is -2.69. The molecule has 3 aromatic rings. The van der Waals surface area contributed by atoms with Crippen LogP contribution >= 0.6 is 0 Å². The number of benzene rings is 1. The lowest BCUT2D eigenvalue weighted by molar-refractivity contribution is -0.121. The zero-order chi connectivity index (χ0) is 17.1. The third kappa shape index (κ3) is 3.30. The average Bonchev–Trinajstić information content (AvgIpc) is 2.90. The third-order valence-electron chi connectivity index (χ3n) is 3.89. The van der Waals surface area contributed by atoms with E-state index in [1.807, 2.05) is 31.2 Å². The number of nitrogens with zero attached hydrogens (tertiary/aromatic N) is 3. The number of amides is 1. The number of fused-ring (bicyclic) bond motifs is 1. The number of hydrogen-bond donors (Lipinski definition) is 1. The van der Waals surface area contributed by atoms with Crippen LogP contribution in [0.1, 0.15) is 19.5 Å². The highest BCUT2D eigenvalue weighted by Gasteiger charge is 2.15. The van der Waals surface area contributed by atoms with Crippen LogP contribution < -0.4 is 5.32 Å². The summed E-state index contributed by atoms with van der Waals surface area (Å²) >= 11 is 0. The summed E-state index contributed by atoms with van der Waals surface area (Å²) in [7, 11) is 0. The number of pyridine rings is 1. The van der Waals surface area contributed by atoms with Crippen molar-refractivity contribution in [3.05, 3.63) is 48.3 Å². The lowest BCUT2D eigenvalue weighted by atomic mass is 10.0. The highest BCUT2D eigenvalue weighted by molar-refractivity contribution is 5.95. The minimum atomic E-state index is -0.0417. The molecule has 0 bridgehead atoms. The number of carbonyl (C=O) groups is 1. The van der Waals surface area contributed by atoms with Crippen LogP contribution in [0.15, 0.2) is 42.6 Å². The van der Waals surface area contributed by atoms with E-state index in [1.165, 1.54) is 0 Å². The number of carbonyl (C=O) groups excluding carboxylic acids is 1. The fourth-order valence-electron chi connectivity index (χ4n) is 2.76. The molecule has 24 heavy (non-hydrogen) atoms. The van der Waals surface area contributed by atoms with E-state index >= 15 is 0 Å². The molecule has 2 heterocycles. The number of aromatic nitrogens is 3. The highest BCUT2D eigenvalue weighted by atomic mass is 16.2. The van der Waals surface area contributed by atoms with Gasteiger partial charge < -0.3 is 5.32 Å². The molecule has 5 nitrogen and oxygen atoms in total. The fourth-order valence-corrected chi connectivity index (χ4v) is 2.76. The van der Waals surface area contributed by atoms with Crippen molar-refractivity contribution in [2.45, 2.75) is 27.3 Å². The lowest BCUT2D eigenvalue weighted by Gasteiger charge is -2.08. The largest absolute Gasteiger partial charge is 0.354 e. The first-order chi connectivity index (χ1) is 11.6. The van der Waals surface area contributed by atoms with E-state index in [1.54, 1.807) is 10.9 Å². The SMILES string of the molecule is Cc1nn(CC(=O)NCC(C)C)c2nccc(-c3ccccc3)c12. The monoisotopic (exact) mass is 322 g/mol. The van der Waals surface area contributed by atoms with Crippen LogP contribution in [0.3, 0.4) is 0 Å². The second-order valence-corrected chi connectivity index (χ2v) is 6.36. The Balaban J connectivity index is 1.96. The van der Waals surface area contributed by atoms with Gasteiger partial charge in [0.25, 0.3) is 0 Å². The maximum atomic E-state index is 12.1. The summed E-state index contributed by atoms with van der Waals surface area (Å²) in [5, 5.41) is 8.46. The molecule has 0 unspecified atom stereocenters. The lowest BCUT2D eigenvalue weighted by Crippen LogP contribution is -2.31. The second-order valence-electron chi connectivity index (χ2n) is 6.36. The van der Waals surface area contributed by atoms with E-state index in [0.29, 0.717) is 12.5 Å². The molecule has 0 aliphatic heterocycles. The van der Waals surface area contributed by atoms with Gasteiger partial charge in [-0.25, -0.2) is 9.67 Å². The molecule has 124 valence electrons. The summed E-state index contributed by atoms with van der Waals surface area (Å²) in [6.07, 6.45) is 1.77. The summed E-state index contributed by atoms with van der Waals surface area (Å²) in [6, 6.07) is 12.2. The summed E-state index contributed by atoms with van der Waals surface area (Å²) < 4.78 is 1.69. The van der Waals surface area contributed by atoms with Gasteiger partial charge in [0, 0.05) is 18.1 Å². The summed E-state index contributed by atoms with van der Waals surface area (Å²) in [6.45, 7) is 6.95. The molecular formula is C19H22N4O. The number of rotatable bonds is 5. The minimum absolute atomic E-state index is 0.0417. The van der Waals surface area contributed by atoms with Gasteiger partial charge in [0.05, 0.1) is 5.69 Å². The normalized spacial score (nSPS) is 11.2. The van der Waals surface area contributed by atoms with Crippen LogP contribution in [0.5, 0.6) is 0 Å². The molecule has 1 N–H and O–H groups in total. The zero-order valence-electron chi connectivity index (χ0n) is 14.3. The molecule has 0 saturated heterocycles. The Kier molecular flexibility index (Phi) is 4.60. The average molecular weight is 322 g/mol. The predicted octanol–water partition coefficient (Wildman–Crippen LogP) is 3.18. The first-order valence-corrected chi connectivity index (χ1v) is 8.20.